The Morgan fingerprint density at radius 1 is 1.33 bits per heavy atom. The molecule has 0 saturated heterocycles. The second-order valence-corrected chi connectivity index (χ2v) is 5.29. The molecular weight excluding hydrogens is 316 g/mol. The van der Waals surface area contributed by atoms with Crippen molar-refractivity contribution in [2.45, 2.75) is 6.92 Å². The lowest BCUT2D eigenvalue weighted by Gasteiger charge is -2.09. The zero-order chi connectivity index (χ0) is 13.3. The summed E-state index contributed by atoms with van der Waals surface area (Å²) in [5, 5.41) is 3.46. The van der Waals surface area contributed by atoms with Gasteiger partial charge in [0.05, 0.1) is 5.69 Å². The number of aromatic nitrogens is 1. The SMILES string of the molecule is Cc1ccc(C(=O)Nc2ccc(Cl)cc2Br)n1C. The van der Waals surface area contributed by atoms with Crippen LogP contribution in [0.2, 0.25) is 5.02 Å². The summed E-state index contributed by atoms with van der Waals surface area (Å²) >= 11 is 9.22. The number of carbonyl (C=O) groups excluding carboxylic acids is 1. The molecule has 0 fully saturated rings. The molecule has 0 aliphatic rings. The molecule has 0 radical (unpaired) electrons. The summed E-state index contributed by atoms with van der Waals surface area (Å²) in [5.74, 6) is -0.145. The van der Waals surface area contributed by atoms with Crippen LogP contribution in [-0.4, -0.2) is 10.5 Å². The molecule has 0 aliphatic heterocycles. The topological polar surface area (TPSA) is 34.0 Å². The van der Waals surface area contributed by atoms with Crippen LogP contribution >= 0.6 is 27.5 Å². The largest absolute Gasteiger partial charge is 0.344 e. The summed E-state index contributed by atoms with van der Waals surface area (Å²) < 4.78 is 2.60. The van der Waals surface area contributed by atoms with Gasteiger partial charge in [-0.1, -0.05) is 11.6 Å². The number of halogens is 2. The Hall–Kier alpha value is -1.26. The fourth-order valence-corrected chi connectivity index (χ4v) is 2.40. The average Bonchev–Trinajstić information content (AvgIpc) is 2.64. The lowest BCUT2D eigenvalue weighted by Crippen LogP contribution is -2.16. The van der Waals surface area contributed by atoms with Gasteiger partial charge >= 0.3 is 0 Å². The number of anilines is 1. The van der Waals surface area contributed by atoms with Gasteiger partial charge in [-0.15, -0.1) is 0 Å². The second kappa shape index (κ2) is 5.16. The van der Waals surface area contributed by atoms with Crippen molar-refractivity contribution in [3.05, 3.63) is 51.2 Å². The lowest BCUT2D eigenvalue weighted by atomic mass is 10.3. The van der Waals surface area contributed by atoms with Crippen LogP contribution in [0.5, 0.6) is 0 Å². The Bertz CT molecular complexity index is 607. The van der Waals surface area contributed by atoms with Gasteiger partial charge in [-0.05, 0) is 53.2 Å². The summed E-state index contributed by atoms with van der Waals surface area (Å²) in [5.41, 5.74) is 2.35. The molecule has 0 bridgehead atoms. The Balaban J connectivity index is 2.24. The number of carbonyl (C=O) groups is 1. The Labute approximate surface area is 119 Å². The third-order valence-electron chi connectivity index (χ3n) is 2.78. The van der Waals surface area contributed by atoms with Crippen molar-refractivity contribution in [2.75, 3.05) is 5.32 Å². The maximum absolute atomic E-state index is 12.1. The highest BCUT2D eigenvalue weighted by Crippen LogP contribution is 2.26. The van der Waals surface area contributed by atoms with Gasteiger partial charge in [0, 0.05) is 22.2 Å². The number of hydrogen-bond donors (Lipinski definition) is 1. The molecule has 5 heteroatoms. The number of hydrogen-bond acceptors (Lipinski definition) is 1. The first-order valence-electron chi connectivity index (χ1n) is 5.38. The van der Waals surface area contributed by atoms with Crippen molar-refractivity contribution in [1.29, 1.82) is 0 Å². The average molecular weight is 328 g/mol. The van der Waals surface area contributed by atoms with Crippen molar-refractivity contribution in [2.24, 2.45) is 7.05 Å². The molecule has 1 aromatic carbocycles. The highest BCUT2D eigenvalue weighted by molar-refractivity contribution is 9.10. The third-order valence-corrected chi connectivity index (χ3v) is 3.68. The smallest absolute Gasteiger partial charge is 0.272 e. The summed E-state index contributed by atoms with van der Waals surface area (Å²) in [6.07, 6.45) is 0. The first kappa shape index (κ1) is 13.2. The van der Waals surface area contributed by atoms with Crippen molar-refractivity contribution in [1.82, 2.24) is 4.57 Å². The zero-order valence-corrected chi connectivity index (χ0v) is 12.3. The molecule has 18 heavy (non-hydrogen) atoms. The maximum atomic E-state index is 12.1. The van der Waals surface area contributed by atoms with E-state index >= 15 is 0 Å². The van der Waals surface area contributed by atoms with E-state index in [0.29, 0.717) is 16.4 Å². The Morgan fingerprint density at radius 2 is 2.06 bits per heavy atom. The van der Waals surface area contributed by atoms with Gasteiger partial charge in [-0.2, -0.15) is 0 Å². The quantitative estimate of drug-likeness (QED) is 0.888. The molecule has 1 N–H and O–H groups in total. The molecular formula is C13H12BrClN2O. The molecule has 2 aromatic rings. The minimum atomic E-state index is -0.145. The normalized spacial score (nSPS) is 10.4. The highest BCUT2D eigenvalue weighted by atomic mass is 79.9. The minimum Gasteiger partial charge on any atom is -0.344 e. The van der Waals surface area contributed by atoms with Gasteiger partial charge in [0.25, 0.3) is 5.91 Å². The highest BCUT2D eigenvalue weighted by Gasteiger charge is 2.12. The van der Waals surface area contributed by atoms with Crippen LogP contribution in [0, 0.1) is 6.92 Å². The Morgan fingerprint density at radius 3 is 2.61 bits per heavy atom. The predicted octanol–water partition coefficient (Wildman–Crippen LogP) is 4.00. The number of aryl methyl sites for hydroxylation is 1. The molecule has 1 aromatic heterocycles. The number of benzene rings is 1. The third kappa shape index (κ3) is 2.60. The van der Waals surface area contributed by atoms with E-state index in [1.165, 1.54) is 0 Å². The number of rotatable bonds is 2. The van der Waals surface area contributed by atoms with Crippen LogP contribution in [0.3, 0.4) is 0 Å². The van der Waals surface area contributed by atoms with Gasteiger partial charge in [0.1, 0.15) is 5.69 Å². The van der Waals surface area contributed by atoms with E-state index in [-0.39, 0.29) is 5.91 Å². The zero-order valence-electron chi connectivity index (χ0n) is 10.00. The van der Waals surface area contributed by atoms with Gasteiger partial charge < -0.3 is 9.88 Å². The lowest BCUT2D eigenvalue weighted by molar-refractivity contribution is 0.101. The molecule has 3 nitrogen and oxygen atoms in total. The van der Waals surface area contributed by atoms with E-state index in [1.807, 2.05) is 24.6 Å². The summed E-state index contributed by atoms with van der Waals surface area (Å²) in [6.45, 7) is 1.95. The predicted molar refractivity (Wildman–Crippen MR) is 77.3 cm³/mol. The molecule has 0 aliphatic carbocycles. The molecule has 0 atom stereocenters. The molecule has 94 valence electrons. The van der Waals surface area contributed by atoms with E-state index in [2.05, 4.69) is 21.2 Å². The molecule has 0 spiro atoms. The summed E-state index contributed by atoms with van der Waals surface area (Å²) in [7, 11) is 1.86. The maximum Gasteiger partial charge on any atom is 0.272 e. The van der Waals surface area contributed by atoms with Gasteiger partial charge in [0.15, 0.2) is 0 Å². The fourth-order valence-electron chi connectivity index (χ4n) is 1.62. The first-order valence-corrected chi connectivity index (χ1v) is 6.55. The fraction of sp³-hybridized carbons (Fsp3) is 0.154. The monoisotopic (exact) mass is 326 g/mol. The van der Waals surface area contributed by atoms with Crippen molar-refractivity contribution >= 4 is 39.1 Å². The van der Waals surface area contributed by atoms with Gasteiger partial charge in [-0.3, -0.25) is 4.79 Å². The molecule has 0 unspecified atom stereocenters. The summed E-state index contributed by atoms with van der Waals surface area (Å²) in [6, 6.07) is 8.95. The molecule has 2 rings (SSSR count). The van der Waals surface area contributed by atoms with E-state index in [1.54, 1.807) is 24.3 Å². The van der Waals surface area contributed by atoms with Crippen LogP contribution in [0.1, 0.15) is 16.2 Å². The van der Waals surface area contributed by atoms with Crippen LogP contribution in [0.4, 0.5) is 5.69 Å². The van der Waals surface area contributed by atoms with E-state index < -0.39 is 0 Å². The van der Waals surface area contributed by atoms with Crippen LogP contribution in [0.25, 0.3) is 0 Å². The summed E-state index contributed by atoms with van der Waals surface area (Å²) in [4.78, 5) is 12.1. The molecule has 1 amide bonds. The van der Waals surface area contributed by atoms with Crippen molar-refractivity contribution < 1.29 is 4.79 Å². The van der Waals surface area contributed by atoms with E-state index in [0.717, 1.165) is 10.2 Å². The van der Waals surface area contributed by atoms with Gasteiger partial charge in [-0.25, -0.2) is 0 Å². The standard InChI is InChI=1S/C13H12BrClN2O/c1-8-3-6-12(17(8)2)13(18)16-11-5-4-9(15)7-10(11)14/h3-7H,1-2H3,(H,16,18). The van der Waals surface area contributed by atoms with Crippen LogP contribution in [0.15, 0.2) is 34.8 Å². The number of amides is 1. The number of nitrogens with one attached hydrogen (secondary N) is 1. The van der Waals surface area contributed by atoms with E-state index in [4.69, 9.17) is 11.6 Å². The first-order chi connectivity index (χ1) is 8.49. The second-order valence-electron chi connectivity index (χ2n) is 4.00. The number of nitrogens with zero attached hydrogens (tertiary/aromatic N) is 1. The molecule has 0 saturated carbocycles. The van der Waals surface area contributed by atoms with Crippen LogP contribution < -0.4 is 5.32 Å². The Kier molecular flexibility index (Phi) is 3.78. The van der Waals surface area contributed by atoms with Crippen molar-refractivity contribution in [3.63, 3.8) is 0 Å². The van der Waals surface area contributed by atoms with Crippen LogP contribution in [-0.2, 0) is 7.05 Å². The molecule has 1 heterocycles. The van der Waals surface area contributed by atoms with E-state index in [9.17, 15) is 4.79 Å². The van der Waals surface area contributed by atoms with Gasteiger partial charge in [0.2, 0.25) is 0 Å². The van der Waals surface area contributed by atoms with Crippen molar-refractivity contribution in [3.8, 4) is 0 Å². The minimum absolute atomic E-state index is 0.145.